The maximum absolute atomic E-state index is 13.2. The summed E-state index contributed by atoms with van der Waals surface area (Å²) in [4.78, 5) is 28.5. The second-order valence-electron chi connectivity index (χ2n) is 9.87. The van der Waals surface area contributed by atoms with Crippen LogP contribution >= 0.6 is 23.2 Å². The van der Waals surface area contributed by atoms with Crippen molar-refractivity contribution >= 4 is 35.1 Å². The Morgan fingerprint density at radius 2 is 1.69 bits per heavy atom. The van der Waals surface area contributed by atoms with E-state index in [1.807, 2.05) is 37.4 Å². The number of phenolic OH excluding ortho intramolecular Hbond substituents is 1. The van der Waals surface area contributed by atoms with Gasteiger partial charge in [0.1, 0.15) is 17.7 Å². The second kappa shape index (κ2) is 16.6. The van der Waals surface area contributed by atoms with Crippen LogP contribution in [0.3, 0.4) is 0 Å². The average Bonchev–Trinajstić information content (AvgIpc) is 2.89. The van der Waals surface area contributed by atoms with Crippen LogP contribution in [0.4, 0.5) is 0 Å². The van der Waals surface area contributed by atoms with E-state index in [-0.39, 0.29) is 34.4 Å². The van der Waals surface area contributed by atoms with E-state index in [0.717, 1.165) is 24.9 Å². The first-order chi connectivity index (χ1) is 18.6. The number of carbonyl (C=O) groups is 2. The Morgan fingerprint density at radius 3 is 2.31 bits per heavy atom. The van der Waals surface area contributed by atoms with Crippen molar-refractivity contribution in [2.24, 2.45) is 0 Å². The van der Waals surface area contributed by atoms with Gasteiger partial charge in [0.15, 0.2) is 11.5 Å². The van der Waals surface area contributed by atoms with Gasteiger partial charge in [-0.1, -0.05) is 53.5 Å². The lowest BCUT2D eigenvalue weighted by molar-refractivity contribution is -0.146. The summed E-state index contributed by atoms with van der Waals surface area (Å²) in [6.45, 7) is 10.3. The number of phenols is 1. The molecule has 3 N–H and O–H groups in total. The third-order valence-electron chi connectivity index (χ3n) is 6.26. The molecule has 1 atom stereocenters. The Balaban J connectivity index is 2.17. The van der Waals surface area contributed by atoms with Crippen LogP contribution in [0.2, 0.25) is 10.0 Å². The fourth-order valence-corrected chi connectivity index (χ4v) is 4.78. The van der Waals surface area contributed by atoms with Crippen LogP contribution < -0.4 is 15.4 Å². The van der Waals surface area contributed by atoms with E-state index in [0.29, 0.717) is 25.2 Å². The molecule has 0 spiro atoms. The Labute approximate surface area is 242 Å². The number of amides is 1. The number of benzene rings is 2. The number of rotatable bonds is 16. The molecule has 1 amide bonds. The summed E-state index contributed by atoms with van der Waals surface area (Å²) in [5.41, 5.74) is 0.678. The van der Waals surface area contributed by atoms with Crippen molar-refractivity contribution in [3.63, 3.8) is 0 Å². The molecule has 2 aromatic carbocycles. The predicted octanol–water partition coefficient (Wildman–Crippen LogP) is 5.08. The number of esters is 1. The summed E-state index contributed by atoms with van der Waals surface area (Å²) in [5.74, 6) is -1.64. The predicted molar refractivity (Wildman–Crippen MR) is 156 cm³/mol. The van der Waals surface area contributed by atoms with Crippen LogP contribution in [-0.4, -0.2) is 73.4 Å². The third-order valence-corrected chi connectivity index (χ3v) is 6.89. The largest absolute Gasteiger partial charge is 0.505 e. The lowest BCUT2D eigenvalue weighted by Crippen LogP contribution is -2.45. The van der Waals surface area contributed by atoms with Crippen LogP contribution in [0.15, 0.2) is 36.4 Å². The molecule has 0 radical (unpaired) electrons. The zero-order chi connectivity index (χ0) is 28.9. The van der Waals surface area contributed by atoms with E-state index >= 15 is 0 Å². The molecule has 0 fully saturated rings. The standard InChI is InChI=1S/C29H41Cl2N3O5/c1-19(2)34(20(3)4)14-16-39-29(37)24(17-21-11-7-6-8-12-21)33-28(36)22-18-23(30)27(25(31)26(22)35)38-15-10-9-13-32-5/h6-8,11-12,18-20,24,32,35H,9-10,13-17H2,1-5H3,(H,33,36)/t24-/m0/s1. The molecule has 2 rings (SSSR count). The second-order valence-corrected chi connectivity index (χ2v) is 10.7. The minimum absolute atomic E-state index is 0.0845. The van der Waals surface area contributed by atoms with Gasteiger partial charge in [-0.25, -0.2) is 4.79 Å². The first-order valence-electron chi connectivity index (χ1n) is 13.3. The number of ether oxygens (including phenoxy) is 2. The average molecular weight is 583 g/mol. The molecule has 0 aliphatic rings. The van der Waals surface area contributed by atoms with Crippen LogP contribution in [0.25, 0.3) is 0 Å². The van der Waals surface area contributed by atoms with Crippen molar-refractivity contribution in [2.45, 2.75) is 65.1 Å². The van der Waals surface area contributed by atoms with Crippen LogP contribution in [-0.2, 0) is 16.0 Å². The molecule has 0 saturated heterocycles. The topological polar surface area (TPSA) is 100 Å². The van der Waals surface area contributed by atoms with Gasteiger partial charge in [-0.3, -0.25) is 9.69 Å². The number of unbranched alkanes of at least 4 members (excludes halogenated alkanes) is 1. The summed E-state index contributed by atoms with van der Waals surface area (Å²) >= 11 is 12.7. The molecule has 39 heavy (non-hydrogen) atoms. The minimum atomic E-state index is -0.994. The fourth-order valence-electron chi connectivity index (χ4n) is 4.22. The molecule has 0 aromatic heterocycles. The van der Waals surface area contributed by atoms with E-state index in [4.69, 9.17) is 32.7 Å². The number of nitrogens with one attached hydrogen (secondary N) is 2. The molecule has 0 saturated carbocycles. The number of aromatic hydroxyl groups is 1. The molecular formula is C29H41Cl2N3O5. The lowest BCUT2D eigenvalue weighted by Gasteiger charge is -2.30. The minimum Gasteiger partial charge on any atom is -0.505 e. The van der Waals surface area contributed by atoms with Crippen molar-refractivity contribution < 1.29 is 24.2 Å². The summed E-state index contributed by atoms with van der Waals surface area (Å²) in [6.07, 6.45) is 1.86. The van der Waals surface area contributed by atoms with Gasteiger partial charge < -0.3 is 25.2 Å². The maximum atomic E-state index is 13.2. The molecule has 0 bridgehead atoms. The monoisotopic (exact) mass is 581 g/mol. The normalized spacial score (nSPS) is 12.2. The molecule has 216 valence electrons. The van der Waals surface area contributed by atoms with E-state index in [9.17, 15) is 14.7 Å². The van der Waals surface area contributed by atoms with Gasteiger partial charge in [0.25, 0.3) is 5.91 Å². The first kappa shape index (κ1) is 32.7. The van der Waals surface area contributed by atoms with Gasteiger partial charge in [-0.15, -0.1) is 0 Å². The van der Waals surface area contributed by atoms with Gasteiger partial charge in [0, 0.05) is 25.0 Å². The summed E-state index contributed by atoms with van der Waals surface area (Å²) in [6, 6.07) is 10.2. The van der Waals surface area contributed by atoms with E-state index in [1.165, 1.54) is 6.07 Å². The van der Waals surface area contributed by atoms with E-state index in [2.05, 4.69) is 43.2 Å². The quantitative estimate of drug-likeness (QED) is 0.188. The molecule has 0 unspecified atom stereocenters. The summed E-state index contributed by atoms with van der Waals surface area (Å²) < 4.78 is 11.2. The molecule has 2 aromatic rings. The smallest absolute Gasteiger partial charge is 0.329 e. The maximum Gasteiger partial charge on any atom is 0.329 e. The van der Waals surface area contributed by atoms with Gasteiger partial charge in [0.05, 0.1) is 17.2 Å². The Bertz CT molecular complexity index is 1060. The van der Waals surface area contributed by atoms with Crippen molar-refractivity contribution in [2.75, 3.05) is 33.4 Å². The Hall–Kier alpha value is -2.52. The van der Waals surface area contributed by atoms with Gasteiger partial charge >= 0.3 is 5.97 Å². The number of hydrogen-bond donors (Lipinski definition) is 3. The van der Waals surface area contributed by atoms with Gasteiger partial charge in [-0.2, -0.15) is 0 Å². The Kier molecular flexibility index (Phi) is 13.9. The summed E-state index contributed by atoms with van der Waals surface area (Å²) in [7, 11) is 1.87. The highest BCUT2D eigenvalue weighted by atomic mass is 35.5. The summed E-state index contributed by atoms with van der Waals surface area (Å²) in [5, 5.41) is 16.4. The van der Waals surface area contributed by atoms with Gasteiger partial charge in [0.2, 0.25) is 0 Å². The SMILES string of the molecule is CNCCCCOc1c(Cl)cc(C(=O)N[C@@H](Cc2ccccc2)C(=O)OCCN(C(C)C)C(C)C)c(O)c1Cl. The van der Waals surface area contributed by atoms with Crippen LogP contribution in [0.1, 0.15) is 56.5 Å². The zero-order valence-electron chi connectivity index (χ0n) is 23.4. The molecule has 0 aliphatic carbocycles. The van der Waals surface area contributed by atoms with Crippen LogP contribution in [0.5, 0.6) is 11.5 Å². The number of carbonyl (C=O) groups excluding carboxylic acids is 2. The molecule has 8 nitrogen and oxygen atoms in total. The van der Waals surface area contributed by atoms with Gasteiger partial charge in [-0.05, 0) is 65.8 Å². The molecule has 0 heterocycles. The molecule has 10 heteroatoms. The third kappa shape index (κ3) is 10.2. The van der Waals surface area contributed by atoms with E-state index in [1.54, 1.807) is 0 Å². The number of nitrogens with zero attached hydrogens (tertiary/aromatic N) is 1. The fraction of sp³-hybridized carbons (Fsp3) is 0.517. The van der Waals surface area contributed by atoms with Crippen molar-refractivity contribution in [1.82, 2.24) is 15.5 Å². The number of hydrogen-bond acceptors (Lipinski definition) is 7. The highest BCUT2D eigenvalue weighted by molar-refractivity contribution is 6.39. The number of halogens is 2. The van der Waals surface area contributed by atoms with Crippen molar-refractivity contribution in [1.29, 1.82) is 0 Å². The Morgan fingerprint density at radius 1 is 1.03 bits per heavy atom. The highest BCUT2D eigenvalue weighted by Crippen LogP contribution is 2.42. The van der Waals surface area contributed by atoms with Crippen molar-refractivity contribution in [3.05, 3.63) is 57.6 Å². The molecular weight excluding hydrogens is 541 g/mol. The zero-order valence-corrected chi connectivity index (χ0v) is 24.9. The highest BCUT2D eigenvalue weighted by Gasteiger charge is 2.27. The van der Waals surface area contributed by atoms with Crippen LogP contribution in [0, 0.1) is 0 Å². The van der Waals surface area contributed by atoms with E-state index < -0.39 is 23.7 Å². The lowest BCUT2D eigenvalue weighted by atomic mass is 10.1. The molecule has 0 aliphatic heterocycles. The van der Waals surface area contributed by atoms with Crippen molar-refractivity contribution in [3.8, 4) is 11.5 Å². The first-order valence-corrected chi connectivity index (χ1v) is 14.1.